The van der Waals surface area contributed by atoms with Crippen molar-refractivity contribution in [1.29, 1.82) is 0 Å². The molecule has 1 atom stereocenters. The SMILES string of the molecule is Cc1ccc(C(=O)C(CC(=O)O)CN(C)C)cc1. The monoisotopic (exact) mass is 249 g/mol. The van der Waals surface area contributed by atoms with E-state index in [4.69, 9.17) is 5.11 Å². The fraction of sp³-hybridized carbons (Fsp3) is 0.429. The Morgan fingerprint density at radius 3 is 2.22 bits per heavy atom. The Balaban J connectivity index is 2.87. The smallest absolute Gasteiger partial charge is 0.304 e. The van der Waals surface area contributed by atoms with Crippen molar-refractivity contribution in [3.8, 4) is 0 Å². The number of carbonyl (C=O) groups is 2. The van der Waals surface area contributed by atoms with Crippen LogP contribution in [0.5, 0.6) is 0 Å². The van der Waals surface area contributed by atoms with Crippen molar-refractivity contribution < 1.29 is 14.7 Å². The maximum Gasteiger partial charge on any atom is 0.304 e. The van der Waals surface area contributed by atoms with Crippen molar-refractivity contribution in [3.05, 3.63) is 35.4 Å². The van der Waals surface area contributed by atoms with Crippen LogP contribution in [0, 0.1) is 12.8 Å². The highest BCUT2D eigenvalue weighted by Crippen LogP contribution is 2.14. The van der Waals surface area contributed by atoms with Crippen LogP contribution < -0.4 is 0 Å². The highest BCUT2D eigenvalue weighted by molar-refractivity contribution is 5.99. The molecular formula is C14H19NO3. The molecule has 0 bridgehead atoms. The molecule has 4 heteroatoms. The van der Waals surface area contributed by atoms with Gasteiger partial charge in [-0.05, 0) is 21.0 Å². The van der Waals surface area contributed by atoms with Crippen LogP contribution in [0.2, 0.25) is 0 Å². The van der Waals surface area contributed by atoms with Crippen LogP contribution in [0.15, 0.2) is 24.3 Å². The first-order valence-corrected chi connectivity index (χ1v) is 5.87. The number of rotatable bonds is 6. The minimum absolute atomic E-state index is 0.105. The van der Waals surface area contributed by atoms with Gasteiger partial charge in [0, 0.05) is 18.0 Å². The highest BCUT2D eigenvalue weighted by Gasteiger charge is 2.23. The number of nitrogens with zero attached hydrogens (tertiary/aromatic N) is 1. The molecule has 0 radical (unpaired) electrons. The molecule has 0 saturated carbocycles. The molecule has 1 N–H and O–H groups in total. The summed E-state index contributed by atoms with van der Waals surface area (Å²) >= 11 is 0. The number of aryl methyl sites for hydroxylation is 1. The van der Waals surface area contributed by atoms with Crippen LogP contribution in [0.25, 0.3) is 0 Å². The van der Waals surface area contributed by atoms with Crippen molar-refractivity contribution in [2.24, 2.45) is 5.92 Å². The third-order valence-electron chi connectivity index (χ3n) is 2.71. The van der Waals surface area contributed by atoms with Gasteiger partial charge in [-0.25, -0.2) is 0 Å². The van der Waals surface area contributed by atoms with E-state index in [-0.39, 0.29) is 12.2 Å². The van der Waals surface area contributed by atoms with E-state index in [1.165, 1.54) is 0 Å². The average Bonchev–Trinajstić information content (AvgIpc) is 2.27. The van der Waals surface area contributed by atoms with Gasteiger partial charge in [-0.15, -0.1) is 0 Å². The van der Waals surface area contributed by atoms with Gasteiger partial charge in [-0.2, -0.15) is 0 Å². The molecule has 1 aromatic carbocycles. The average molecular weight is 249 g/mol. The molecule has 0 spiro atoms. The number of carbonyl (C=O) groups excluding carboxylic acids is 1. The van der Waals surface area contributed by atoms with Crippen LogP contribution >= 0.6 is 0 Å². The summed E-state index contributed by atoms with van der Waals surface area (Å²) in [4.78, 5) is 24.9. The van der Waals surface area contributed by atoms with Crippen molar-refractivity contribution in [3.63, 3.8) is 0 Å². The van der Waals surface area contributed by atoms with Gasteiger partial charge in [0.15, 0.2) is 5.78 Å². The lowest BCUT2D eigenvalue weighted by molar-refractivity contribution is -0.137. The lowest BCUT2D eigenvalue weighted by atomic mass is 9.93. The summed E-state index contributed by atoms with van der Waals surface area (Å²) in [5.41, 5.74) is 1.66. The normalized spacial score (nSPS) is 12.4. The summed E-state index contributed by atoms with van der Waals surface area (Å²) in [6, 6.07) is 7.23. The van der Waals surface area contributed by atoms with Crippen molar-refractivity contribution in [2.45, 2.75) is 13.3 Å². The van der Waals surface area contributed by atoms with Crippen LogP contribution in [0.1, 0.15) is 22.3 Å². The molecule has 0 heterocycles. The Labute approximate surface area is 107 Å². The maximum atomic E-state index is 12.2. The van der Waals surface area contributed by atoms with Gasteiger partial charge in [-0.3, -0.25) is 9.59 Å². The molecule has 0 saturated heterocycles. The van der Waals surface area contributed by atoms with Crippen molar-refractivity contribution in [2.75, 3.05) is 20.6 Å². The summed E-state index contributed by atoms with van der Waals surface area (Å²) in [5.74, 6) is -1.55. The third-order valence-corrected chi connectivity index (χ3v) is 2.71. The Morgan fingerprint density at radius 2 is 1.78 bits per heavy atom. The van der Waals surface area contributed by atoms with Gasteiger partial charge in [-0.1, -0.05) is 29.8 Å². The fourth-order valence-corrected chi connectivity index (χ4v) is 1.85. The lowest BCUT2D eigenvalue weighted by Gasteiger charge is -2.18. The molecule has 98 valence electrons. The van der Waals surface area contributed by atoms with E-state index in [0.717, 1.165) is 5.56 Å². The van der Waals surface area contributed by atoms with Gasteiger partial charge in [0.1, 0.15) is 0 Å². The summed E-state index contributed by atoms with van der Waals surface area (Å²) < 4.78 is 0. The molecule has 0 amide bonds. The predicted octanol–water partition coefficient (Wildman–Crippen LogP) is 1.83. The number of benzene rings is 1. The van der Waals surface area contributed by atoms with Gasteiger partial charge in [0.25, 0.3) is 0 Å². The Kier molecular flexibility index (Phi) is 5.04. The van der Waals surface area contributed by atoms with Crippen molar-refractivity contribution >= 4 is 11.8 Å². The quantitative estimate of drug-likeness (QED) is 0.781. The van der Waals surface area contributed by atoms with E-state index in [2.05, 4.69) is 0 Å². The molecule has 0 aliphatic heterocycles. The number of Topliss-reactive ketones (excluding diaryl/α,β-unsaturated/α-hetero) is 1. The first-order chi connectivity index (χ1) is 8.40. The second-order valence-electron chi connectivity index (χ2n) is 4.79. The Bertz CT molecular complexity index is 423. The second kappa shape index (κ2) is 6.31. The lowest BCUT2D eigenvalue weighted by Crippen LogP contribution is -2.30. The number of ketones is 1. The van der Waals surface area contributed by atoms with Gasteiger partial charge in [0.2, 0.25) is 0 Å². The topological polar surface area (TPSA) is 57.6 Å². The molecule has 0 aliphatic rings. The number of hydrogen-bond donors (Lipinski definition) is 1. The first-order valence-electron chi connectivity index (χ1n) is 5.87. The Hall–Kier alpha value is -1.68. The predicted molar refractivity (Wildman–Crippen MR) is 69.8 cm³/mol. The zero-order chi connectivity index (χ0) is 13.7. The molecule has 0 fully saturated rings. The molecule has 1 rings (SSSR count). The van der Waals surface area contributed by atoms with E-state index in [0.29, 0.717) is 12.1 Å². The van der Waals surface area contributed by atoms with E-state index in [1.807, 2.05) is 38.1 Å². The molecule has 18 heavy (non-hydrogen) atoms. The maximum absolute atomic E-state index is 12.2. The minimum Gasteiger partial charge on any atom is -0.481 e. The standard InChI is InChI=1S/C14H19NO3/c1-10-4-6-11(7-5-10)14(18)12(8-13(16)17)9-15(2)3/h4-7,12H,8-9H2,1-3H3,(H,16,17). The summed E-state index contributed by atoms with van der Waals surface area (Å²) in [7, 11) is 3.66. The summed E-state index contributed by atoms with van der Waals surface area (Å²) in [6.07, 6.45) is -0.134. The zero-order valence-electron chi connectivity index (χ0n) is 11.0. The van der Waals surface area contributed by atoms with E-state index in [1.54, 1.807) is 12.1 Å². The molecule has 1 aromatic rings. The zero-order valence-corrected chi connectivity index (χ0v) is 11.0. The molecule has 1 unspecified atom stereocenters. The number of carboxylic acid groups (broad SMARTS) is 1. The third kappa shape index (κ3) is 4.30. The number of carboxylic acids is 1. The molecular weight excluding hydrogens is 230 g/mol. The summed E-state index contributed by atoms with van der Waals surface area (Å²) in [5, 5.41) is 8.87. The number of aliphatic carboxylic acids is 1. The minimum atomic E-state index is -0.942. The van der Waals surface area contributed by atoms with Gasteiger partial charge < -0.3 is 10.0 Å². The van der Waals surface area contributed by atoms with E-state index >= 15 is 0 Å². The first kappa shape index (κ1) is 14.4. The summed E-state index contributed by atoms with van der Waals surface area (Å²) in [6.45, 7) is 2.39. The van der Waals surface area contributed by atoms with E-state index in [9.17, 15) is 9.59 Å². The Morgan fingerprint density at radius 1 is 1.22 bits per heavy atom. The molecule has 0 aromatic heterocycles. The molecule has 0 aliphatic carbocycles. The van der Waals surface area contributed by atoms with Crippen LogP contribution in [-0.2, 0) is 4.79 Å². The number of hydrogen-bond acceptors (Lipinski definition) is 3. The molecule has 4 nitrogen and oxygen atoms in total. The van der Waals surface area contributed by atoms with Crippen LogP contribution in [0.3, 0.4) is 0 Å². The van der Waals surface area contributed by atoms with Crippen LogP contribution in [-0.4, -0.2) is 42.4 Å². The second-order valence-corrected chi connectivity index (χ2v) is 4.79. The van der Waals surface area contributed by atoms with Gasteiger partial charge in [0.05, 0.1) is 6.42 Å². The van der Waals surface area contributed by atoms with Crippen LogP contribution in [0.4, 0.5) is 0 Å². The fourth-order valence-electron chi connectivity index (χ4n) is 1.85. The van der Waals surface area contributed by atoms with E-state index < -0.39 is 11.9 Å². The van der Waals surface area contributed by atoms with Gasteiger partial charge >= 0.3 is 5.97 Å². The van der Waals surface area contributed by atoms with Crippen molar-refractivity contribution in [1.82, 2.24) is 4.90 Å². The largest absolute Gasteiger partial charge is 0.481 e. The highest BCUT2D eigenvalue weighted by atomic mass is 16.4.